The van der Waals surface area contributed by atoms with Crippen LogP contribution in [-0.4, -0.2) is 29.4 Å². The van der Waals surface area contributed by atoms with Crippen LogP contribution in [0, 0.1) is 5.82 Å². The number of aromatic nitrogens is 3. The number of sulfone groups is 1. The van der Waals surface area contributed by atoms with Gasteiger partial charge in [-0.3, -0.25) is 0 Å². The molecule has 0 saturated carbocycles. The Morgan fingerprint density at radius 1 is 1.12 bits per heavy atom. The lowest BCUT2D eigenvalue weighted by Gasteiger charge is -2.08. The lowest BCUT2D eigenvalue weighted by atomic mass is 10.1. The molecule has 5 nitrogen and oxygen atoms in total. The van der Waals surface area contributed by atoms with E-state index in [-0.39, 0.29) is 22.0 Å². The van der Waals surface area contributed by atoms with Crippen molar-refractivity contribution in [2.75, 3.05) is 6.26 Å². The van der Waals surface area contributed by atoms with E-state index in [9.17, 15) is 21.6 Å². The highest BCUT2D eigenvalue weighted by Gasteiger charge is 2.20. The van der Waals surface area contributed by atoms with E-state index in [0.717, 1.165) is 23.2 Å². The van der Waals surface area contributed by atoms with E-state index in [4.69, 9.17) is 0 Å². The molecule has 3 aromatic rings. The molecule has 0 fully saturated rings. The highest BCUT2D eigenvalue weighted by atomic mass is 32.2. The fourth-order valence-corrected chi connectivity index (χ4v) is 2.82. The average molecular weight is 367 g/mol. The first kappa shape index (κ1) is 17.2. The van der Waals surface area contributed by atoms with E-state index >= 15 is 0 Å². The number of halogens is 3. The summed E-state index contributed by atoms with van der Waals surface area (Å²) in [5, 5.41) is 3.78. The summed E-state index contributed by atoms with van der Waals surface area (Å²) in [4.78, 5) is 3.93. The second kappa shape index (κ2) is 6.32. The van der Waals surface area contributed by atoms with Gasteiger partial charge in [0.2, 0.25) is 0 Å². The zero-order valence-corrected chi connectivity index (χ0v) is 13.7. The van der Waals surface area contributed by atoms with Crippen molar-refractivity contribution < 1.29 is 21.6 Å². The summed E-state index contributed by atoms with van der Waals surface area (Å²) in [6.07, 6.45) is -0.723. The molecule has 0 bridgehead atoms. The Hall–Kier alpha value is -2.68. The van der Waals surface area contributed by atoms with Gasteiger partial charge in [0.05, 0.1) is 10.6 Å². The predicted octanol–water partition coefficient (Wildman–Crippen LogP) is 3.41. The van der Waals surface area contributed by atoms with Gasteiger partial charge in [-0.1, -0.05) is 12.1 Å². The maximum Gasteiger partial charge on any atom is 0.282 e. The Morgan fingerprint density at radius 3 is 2.40 bits per heavy atom. The topological polar surface area (TPSA) is 64.8 Å². The largest absolute Gasteiger partial charge is 0.282 e. The van der Waals surface area contributed by atoms with Crippen LogP contribution in [0.5, 0.6) is 0 Å². The quantitative estimate of drug-likeness (QED) is 0.709. The minimum Gasteiger partial charge on any atom is -0.236 e. The summed E-state index contributed by atoms with van der Waals surface area (Å²) in [5.41, 5.74) is -0.365. The van der Waals surface area contributed by atoms with Crippen molar-refractivity contribution in [2.45, 2.75) is 11.3 Å². The van der Waals surface area contributed by atoms with Crippen molar-refractivity contribution in [3.05, 3.63) is 60.2 Å². The van der Waals surface area contributed by atoms with Crippen molar-refractivity contribution in [1.82, 2.24) is 14.8 Å². The van der Waals surface area contributed by atoms with E-state index < -0.39 is 27.8 Å². The molecule has 0 saturated heterocycles. The summed E-state index contributed by atoms with van der Waals surface area (Å²) in [5.74, 6) is -0.505. The standard InChI is InChI=1S/C16H12F3N3O2S/c1-25(23,24)10-6-7-15(20-9-10)22-14(8-13(21-22)16(18)19)11-4-2-3-5-12(11)17/h2-9,16H,1H3. The second-order valence-corrected chi connectivity index (χ2v) is 7.29. The Labute approximate surface area is 141 Å². The van der Waals surface area contributed by atoms with Gasteiger partial charge < -0.3 is 0 Å². The third-order valence-corrected chi connectivity index (χ3v) is 4.57. The molecular formula is C16H12F3N3O2S. The van der Waals surface area contributed by atoms with Crippen molar-refractivity contribution >= 4 is 9.84 Å². The summed E-state index contributed by atoms with van der Waals surface area (Å²) < 4.78 is 64.2. The number of rotatable bonds is 4. The van der Waals surface area contributed by atoms with Crippen molar-refractivity contribution in [3.8, 4) is 17.1 Å². The third kappa shape index (κ3) is 3.41. The molecule has 2 aromatic heterocycles. The molecule has 130 valence electrons. The van der Waals surface area contributed by atoms with Crippen LogP contribution >= 0.6 is 0 Å². The zero-order valence-electron chi connectivity index (χ0n) is 12.9. The van der Waals surface area contributed by atoms with Gasteiger partial charge in [0, 0.05) is 18.0 Å². The zero-order chi connectivity index (χ0) is 18.2. The van der Waals surface area contributed by atoms with Crippen molar-refractivity contribution in [2.24, 2.45) is 0 Å². The Balaban J connectivity index is 2.17. The first-order valence-electron chi connectivity index (χ1n) is 7.07. The number of nitrogens with zero attached hydrogens (tertiary/aromatic N) is 3. The molecule has 0 spiro atoms. The molecule has 2 heterocycles. The first-order chi connectivity index (χ1) is 11.8. The second-order valence-electron chi connectivity index (χ2n) is 5.27. The van der Waals surface area contributed by atoms with Gasteiger partial charge in [0.15, 0.2) is 15.7 Å². The Kier molecular flexibility index (Phi) is 4.34. The molecule has 9 heteroatoms. The van der Waals surface area contributed by atoms with Gasteiger partial charge in [-0.05, 0) is 30.3 Å². The van der Waals surface area contributed by atoms with Crippen LogP contribution in [0.4, 0.5) is 13.2 Å². The van der Waals surface area contributed by atoms with Gasteiger partial charge in [-0.25, -0.2) is 31.3 Å². The van der Waals surface area contributed by atoms with E-state index in [0.29, 0.717) is 0 Å². The number of benzene rings is 1. The molecule has 0 unspecified atom stereocenters. The Bertz CT molecular complexity index is 1020. The van der Waals surface area contributed by atoms with Crippen molar-refractivity contribution in [3.63, 3.8) is 0 Å². The minimum absolute atomic E-state index is 0.0232. The molecule has 0 radical (unpaired) electrons. The van der Waals surface area contributed by atoms with E-state index in [1.54, 1.807) is 6.07 Å². The summed E-state index contributed by atoms with van der Waals surface area (Å²) in [6.45, 7) is 0. The van der Waals surface area contributed by atoms with E-state index in [2.05, 4.69) is 10.1 Å². The Morgan fingerprint density at radius 2 is 1.84 bits per heavy atom. The predicted molar refractivity (Wildman–Crippen MR) is 84.8 cm³/mol. The lowest BCUT2D eigenvalue weighted by molar-refractivity contribution is 0.145. The molecule has 0 aliphatic carbocycles. The third-order valence-electron chi connectivity index (χ3n) is 3.47. The average Bonchev–Trinajstić information content (AvgIpc) is 3.00. The van der Waals surface area contributed by atoms with Crippen LogP contribution in [0.2, 0.25) is 0 Å². The highest BCUT2D eigenvalue weighted by Crippen LogP contribution is 2.29. The number of hydrogen-bond acceptors (Lipinski definition) is 4. The summed E-state index contributed by atoms with van der Waals surface area (Å²) in [7, 11) is -3.45. The molecule has 0 aliphatic heterocycles. The van der Waals surface area contributed by atoms with Crippen molar-refractivity contribution in [1.29, 1.82) is 0 Å². The summed E-state index contributed by atoms with van der Waals surface area (Å²) >= 11 is 0. The molecule has 25 heavy (non-hydrogen) atoms. The van der Waals surface area contributed by atoms with Crippen LogP contribution in [-0.2, 0) is 9.84 Å². The molecule has 3 rings (SSSR count). The number of pyridine rings is 1. The summed E-state index contributed by atoms with van der Waals surface area (Å²) in [6, 6.07) is 9.37. The van der Waals surface area contributed by atoms with Gasteiger partial charge in [-0.2, -0.15) is 5.10 Å². The molecule has 0 amide bonds. The van der Waals surface area contributed by atoms with Gasteiger partial charge in [0.25, 0.3) is 6.43 Å². The fourth-order valence-electron chi connectivity index (χ4n) is 2.26. The SMILES string of the molecule is CS(=O)(=O)c1ccc(-n2nc(C(F)F)cc2-c2ccccc2F)nc1. The van der Waals surface area contributed by atoms with E-state index in [1.807, 2.05) is 0 Å². The van der Waals surface area contributed by atoms with Gasteiger partial charge >= 0.3 is 0 Å². The highest BCUT2D eigenvalue weighted by molar-refractivity contribution is 7.90. The molecule has 0 atom stereocenters. The normalized spacial score (nSPS) is 11.9. The maximum atomic E-state index is 14.1. The maximum absolute atomic E-state index is 14.1. The monoisotopic (exact) mass is 367 g/mol. The molecule has 0 aliphatic rings. The van der Waals surface area contributed by atoms with Crippen LogP contribution in [0.3, 0.4) is 0 Å². The fraction of sp³-hybridized carbons (Fsp3) is 0.125. The van der Waals surface area contributed by atoms with E-state index in [1.165, 1.54) is 30.3 Å². The van der Waals surface area contributed by atoms with Crippen LogP contribution in [0.25, 0.3) is 17.1 Å². The number of hydrogen-bond donors (Lipinski definition) is 0. The van der Waals surface area contributed by atoms with Crippen LogP contribution in [0.1, 0.15) is 12.1 Å². The van der Waals surface area contributed by atoms with Crippen LogP contribution in [0.15, 0.2) is 53.6 Å². The van der Waals surface area contributed by atoms with Crippen LogP contribution < -0.4 is 0 Å². The van der Waals surface area contributed by atoms with Gasteiger partial charge in [-0.15, -0.1) is 0 Å². The molecule has 1 aromatic carbocycles. The minimum atomic E-state index is -3.45. The number of alkyl halides is 2. The smallest absolute Gasteiger partial charge is 0.236 e. The molecular weight excluding hydrogens is 355 g/mol. The molecule has 0 N–H and O–H groups in total. The lowest BCUT2D eigenvalue weighted by Crippen LogP contribution is -2.05. The first-order valence-corrected chi connectivity index (χ1v) is 8.96. The van der Waals surface area contributed by atoms with Gasteiger partial charge in [0.1, 0.15) is 11.5 Å².